The molecule has 0 saturated heterocycles. The molecule has 0 bridgehead atoms. The second kappa shape index (κ2) is 5.84. The standard InChI is InChI=1S/C13H9F3INO2S/c14-13(15,16)9-5-1-4-8-12(9)21(19,20)18-11-7-3-2-6-10(11)17/h1-8,18H. The minimum Gasteiger partial charge on any atom is -0.279 e. The summed E-state index contributed by atoms with van der Waals surface area (Å²) in [6.45, 7) is 0. The summed E-state index contributed by atoms with van der Waals surface area (Å²) in [5, 5.41) is 0. The van der Waals surface area contributed by atoms with Gasteiger partial charge in [-0.3, -0.25) is 4.72 Å². The van der Waals surface area contributed by atoms with Gasteiger partial charge in [0.2, 0.25) is 0 Å². The van der Waals surface area contributed by atoms with Gasteiger partial charge in [0.25, 0.3) is 10.0 Å². The summed E-state index contributed by atoms with van der Waals surface area (Å²) in [4.78, 5) is -0.794. The second-order valence-electron chi connectivity index (χ2n) is 4.08. The van der Waals surface area contributed by atoms with Crippen LogP contribution in [0.4, 0.5) is 18.9 Å². The third kappa shape index (κ3) is 3.67. The van der Waals surface area contributed by atoms with E-state index in [9.17, 15) is 21.6 Å². The Morgan fingerprint density at radius 3 is 2.14 bits per heavy atom. The molecule has 0 aliphatic carbocycles. The van der Waals surface area contributed by atoms with Crippen molar-refractivity contribution in [3.05, 3.63) is 57.7 Å². The van der Waals surface area contributed by atoms with Crippen molar-refractivity contribution in [2.24, 2.45) is 0 Å². The number of hydrogen-bond donors (Lipinski definition) is 1. The molecule has 2 rings (SSSR count). The van der Waals surface area contributed by atoms with Gasteiger partial charge in [-0.1, -0.05) is 24.3 Å². The van der Waals surface area contributed by atoms with E-state index in [1.54, 1.807) is 18.2 Å². The second-order valence-corrected chi connectivity index (χ2v) is 6.89. The lowest BCUT2D eigenvalue weighted by molar-refractivity contribution is -0.139. The number of benzene rings is 2. The Labute approximate surface area is 133 Å². The van der Waals surface area contributed by atoms with Crippen molar-refractivity contribution >= 4 is 38.3 Å². The highest BCUT2D eigenvalue weighted by atomic mass is 127. The number of nitrogens with one attached hydrogen (secondary N) is 1. The molecule has 0 aliphatic heterocycles. The SMILES string of the molecule is O=S(=O)(Nc1ccccc1I)c1ccccc1C(F)(F)F. The van der Waals surface area contributed by atoms with Crippen LogP contribution in [-0.4, -0.2) is 8.42 Å². The highest BCUT2D eigenvalue weighted by Gasteiger charge is 2.36. The molecule has 0 saturated carbocycles. The smallest absolute Gasteiger partial charge is 0.279 e. The highest BCUT2D eigenvalue weighted by Crippen LogP contribution is 2.34. The van der Waals surface area contributed by atoms with Gasteiger partial charge >= 0.3 is 6.18 Å². The van der Waals surface area contributed by atoms with E-state index in [2.05, 4.69) is 4.72 Å². The van der Waals surface area contributed by atoms with Gasteiger partial charge in [0.05, 0.1) is 16.1 Å². The first kappa shape index (κ1) is 16.1. The number of anilines is 1. The average molecular weight is 427 g/mol. The molecule has 0 atom stereocenters. The Balaban J connectivity index is 2.49. The highest BCUT2D eigenvalue weighted by molar-refractivity contribution is 14.1. The molecular weight excluding hydrogens is 418 g/mol. The summed E-state index contributed by atoms with van der Waals surface area (Å²) in [7, 11) is -4.32. The zero-order valence-corrected chi connectivity index (χ0v) is 13.3. The van der Waals surface area contributed by atoms with Crippen LogP contribution in [-0.2, 0) is 16.2 Å². The summed E-state index contributed by atoms with van der Waals surface area (Å²) < 4.78 is 65.9. The molecular formula is C13H9F3INO2S. The normalized spacial score (nSPS) is 12.2. The number of hydrogen-bond acceptors (Lipinski definition) is 2. The fraction of sp³-hybridized carbons (Fsp3) is 0.0769. The topological polar surface area (TPSA) is 46.2 Å². The van der Waals surface area contributed by atoms with Crippen molar-refractivity contribution in [3.63, 3.8) is 0 Å². The largest absolute Gasteiger partial charge is 0.417 e. The Morgan fingerprint density at radius 1 is 0.952 bits per heavy atom. The fourth-order valence-corrected chi connectivity index (χ4v) is 3.69. The monoisotopic (exact) mass is 427 g/mol. The van der Waals surface area contributed by atoms with Crippen LogP contribution in [0.2, 0.25) is 0 Å². The first-order valence-electron chi connectivity index (χ1n) is 5.65. The van der Waals surface area contributed by atoms with Crippen LogP contribution in [0.3, 0.4) is 0 Å². The number of sulfonamides is 1. The Bertz CT molecular complexity index is 760. The lowest BCUT2D eigenvalue weighted by Gasteiger charge is -2.14. The molecule has 2 aromatic rings. The Morgan fingerprint density at radius 2 is 1.52 bits per heavy atom. The van der Waals surface area contributed by atoms with Crippen LogP contribution in [0, 0.1) is 3.57 Å². The molecule has 0 radical (unpaired) electrons. The van der Waals surface area contributed by atoms with Crippen molar-refractivity contribution in [1.82, 2.24) is 0 Å². The minimum atomic E-state index is -4.74. The summed E-state index contributed by atoms with van der Waals surface area (Å²) in [6, 6.07) is 10.5. The van der Waals surface area contributed by atoms with Crippen LogP contribution in [0.1, 0.15) is 5.56 Å². The van der Waals surface area contributed by atoms with E-state index in [4.69, 9.17) is 0 Å². The lowest BCUT2D eigenvalue weighted by atomic mass is 10.2. The zero-order valence-electron chi connectivity index (χ0n) is 10.4. The molecule has 0 heterocycles. The van der Waals surface area contributed by atoms with Crippen molar-refractivity contribution in [1.29, 1.82) is 0 Å². The molecule has 0 amide bonds. The summed E-state index contributed by atoms with van der Waals surface area (Å²) in [5.41, 5.74) is -0.960. The maximum Gasteiger partial charge on any atom is 0.417 e. The fourth-order valence-electron chi connectivity index (χ4n) is 1.68. The maximum absolute atomic E-state index is 12.9. The van der Waals surface area contributed by atoms with Crippen LogP contribution < -0.4 is 4.72 Å². The van der Waals surface area contributed by atoms with Crippen molar-refractivity contribution in [2.75, 3.05) is 4.72 Å². The number of para-hydroxylation sites is 1. The van der Waals surface area contributed by atoms with Gasteiger partial charge in [0.15, 0.2) is 0 Å². The van der Waals surface area contributed by atoms with Crippen LogP contribution >= 0.6 is 22.6 Å². The third-order valence-electron chi connectivity index (χ3n) is 2.60. The van der Waals surface area contributed by atoms with E-state index >= 15 is 0 Å². The molecule has 0 spiro atoms. The average Bonchev–Trinajstić information content (AvgIpc) is 2.40. The Kier molecular flexibility index (Phi) is 4.47. The first-order valence-corrected chi connectivity index (χ1v) is 8.21. The molecule has 3 nitrogen and oxygen atoms in total. The van der Waals surface area contributed by atoms with Gasteiger partial charge in [-0.2, -0.15) is 13.2 Å². The zero-order chi connectivity index (χ0) is 15.7. The molecule has 1 N–H and O–H groups in total. The molecule has 0 aliphatic rings. The number of rotatable bonds is 3. The van der Waals surface area contributed by atoms with Gasteiger partial charge in [-0.05, 0) is 46.9 Å². The van der Waals surface area contributed by atoms with Gasteiger partial charge in [-0.15, -0.1) is 0 Å². The Hall–Kier alpha value is -1.29. The van der Waals surface area contributed by atoms with E-state index < -0.39 is 26.7 Å². The number of halogens is 4. The molecule has 2 aromatic carbocycles. The van der Waals surface area contributed by atoms with Gasteiger partial charge < -0.3 is 0 Å². The van der Waals surface area contributed by atoms with E-state index in [1.165, 1.54) is 12.1 Å². The van der Waals surface area contributed by atoms with Crippen LogP contribution in [0.25, 0.3) is 0 Å². The molecule has 21 heavy (non-hydrogen) atoms. The first-order chi connectivity index (χ1) is 9.72. The molecule has 8 heteroatoms. The molecule has 0 unspecified atom stereocenters. The summed E-state index contributed by atoms with van der Waals surface area (Å²) in [5.74, 6) is 0. The van der Waals surface area contributed by atoms with Crippen molar-refractivity contribution in [2.45, 2.75) is 11.1 Å². The molecule has 112 valence electrons. The molecule has 0 aromatic heterocycles. The predicted octanol–water partition coefficient (Wildman–Crippen LogP) is 4.11. The van der Waals surface area contributed by atoms with Crippen LogP contribution in [0.5, 0.6) is 0 Å². The van der Waals surface area contributed by atoms with E-state index in [-0.39, 0.29) is 5.69 Å². The van der Waals surface area contributed by atoms with E-state index in [0.29, 0.717) is 3.57 Å². The summed E-state index contributed by atoms with van der Waals surface area (Å²) in [6.07, 6.45) is -4.74. The summed E-state index contributed by atoms with van der Waals surface area (Å²) >= 11 is 1.90. The van der Waals surface area contributed by atoms with Crippen LogP contribution in [0.15, 0.2) is 53.4 Å². The molecule has 0 fully saturated rings. The van der Waals surface area contributed by atoms with Gasteiger partial charge in [0.1, 0.15) is 0 Å². The van der Waals surface area contributed by atoms with Crippen molar-refractivity contribution in [3.8, 4) is 0 Å². The van der Waals surface area contributed by atoms with Gasteiger partial charge in [-0.25, -0.2) is 8.42 Å². The van der Waals surface area contributed by atoms with E-state index in [1.807, 2.05) is 22.6 Å². The van der Waals surface area contributed by atoms with Gasteiger partial charge in [0, 0.05) is 3.57 Å². The maximum atomic E-state index is 12.9. The predicted molar refractivity (Wildman–Crippen MR) is 81.4 cm³/mol. The number of alkyl halides is 3. The minimum absolute atomic E-state index is 0.232. The third-order valence-corrected chi connectivity index (χ3v) is 4.96. The quantitative estimate of drug-likeness (QED) is 0.750. The lowest BCUT2D eigenvalue weighted by Crippen LogP contribution is -2.19. The van der Waals surface area contributed by atoms with Crippen molar-refractivity contribution < 1.29 is 21.6 Å². The van der Waals surface area contributed by atoms with E-state index in [0.717, 1.165) is 18.2 Å².